The molecule has 30 heavy (non-hydrogen) atoms. The fourth-order valence-electron chi connectivity index (χ4n) is 2.89. The SMILES string of the molecule is CC(C)(C)NC(=O)[C@H](c1ccccc1)N(C(=O)c1csnn1)c1ccc(F)c(Cl)c1. The quantitative estimate of drug-likeness (QED) is 0.619. The molecule has 0 aliphatic heterocycles. The molecule has 9 heteroatoms. The van der Waals surface area contributed by atoms with Crippen LogP contribution in [0.4, 0.5) is 10.1 Å². The summed E-state index contributed by atoms with van der Waals surface area (Å²) < 4.78 is 17.6. The smallest absolute Gasteiger partial charge is 0.280 e. The molecular weight excluding hydrogens is 427 g/mol. The lowest BCUT2D eigenvalue weighted by atomic mass is 10.0. The molecule has 2 amide bonds. The minimum atomic E-state index is -1.04. The highest BCUT2D eigenvalue weighted by molar-refractivity contribution is 7.03. The Morgan fingerprint density at radius 2 is 1.87 bits per heavy atom. The van der Waals surface area contributed by atoms with Crippen LogP contribution in [0.15, 0.2) is 53.9 Å². The van der Waals surface area contributed by atoms with Crippen molar-refractivity contribution in [2.24, 2.45) is 0 Å². The number of hydrogen-bond donors (Lipinski definition) is 1. The van der Waals surface area contributed by atoms with Gasteiger partial charge in [0.05, 0.1) is 5.02 Å². The second kappa shape index (κ2) is 8.89. The third-order valence-corrected chi connectivity index (χ3v) is 4.89. The molecule has 0 aliphatic rings. The zero-order chi connectivity index (χ0) is 21.9. The van der Waals surface area contributed by atoms with Crippen molar-refractivity contribution in [3.8, 4) is 0 Å². The zero-order valence-corrected chi connectivity index (χ0v) is 18.2. The van der Waals surface area contributed by atoms with Gasteiger partial charge < -0.3 is 5.32 Å². The molecule has 0 radical (unpaired) electrons. The molecule has 6 nitrogen and oxygen atoms in total. The molecule has 0 saturated carbocycles. The lowest BCUT2D eigenvalue weighted by molar-refractivity contribution is -0.123. The third kappa shape index (κ3) is 5.01. The first kappa shape index (κ1) is 21.9. The molecule has 1 aromatic heterocycles. The Bertz CT molecular complexity index is 1040. The van der Waals surface area contributed by atoms with Gasteiger partial charge >= 0.3 is 0 Å². The number of nitrogens with zero attached hydrogens (tertiary/aromatic N) is 3. The van der Waals surface area contributed by atoms with E-state index in [1.807, 2.05) is 26.8 Å². The Balaban J connectivity index is 2.18. The predicted octanol–water partition coefficient (Wildman–Crippen LogP) is 4.63. The van der Waals surface area contributed by atoms with Crippen molar-refractivity contribution in [2.75, 3.05) is 4.90 Å². The van der Waals surface area contributed by atoms with Crippen LogP contribution in [0.5, 0.6) is 0 Å². The molecule has 156 valence electrons. The first-order valence-electron chi connectivity index (χ1n) is 9.10. The molecule has 0 fully saturated rings. The van der Waals surface area contributed by atoms with Crippen molar-refractivity contribution in [1.29, 1.82) is 0 Å². The van der Waals surface area contributed by atoms with Gasteiger partial charge in [-0.1, -0.05) is 46.4 Å². The van der Waals surface area contributed by atoms with E-state index in [-0.39, 0.29) is 16.4 Å². The fourth-order valence-corrected chi connectivity index (χ4v) is 3.50. The first-order valence-corrected chi connectivity index (χ1v) is 10.3. The Morgan fingerprint density at radius 1 is 1.17 bits per heavy atom. The van der Waals surface area contributed by atoms with Crippen molar-refractivity contribution in [3.63, 3.8) is 0 Å². The molecular formula is C21H20ClFN4O2S. The second-order valence-corrected chi connectivity index (χ2v) is 8.63. The van der Waals surface area contributed by atoms with E-state index in [1.165, 1.54) is 22.4 Å². The number of anilines is 1. The lowest BCUT2D eigenvalue weighted by Gasteiger charge is -2.33. The van der Waals surface area contributed by atoms with Gasteiger partial charge in [-0.25, -0.2) is 4.39 Å². The number of carbonyl (C=O) groups excluding carboxylic acids is 2. The molecule has 0 spiro atoms. The third-order valence-electron chi connectivity index (χ3n) is 4.10. The lowest BCUT2D eigenvalue weighted by Crippen LogP contribution is -2.49. The number of carbonyl (C=O) groups is 2. The summed E-state index contributed by atoms with van der Waals surface area (Å²) in [6.45, 7) is 5.54. The van der Waals surface area contributed by atoms with Crippen LogP contribution in [0.3, 0.4) is 0 Å². The van der Waals surface area contributed by atoms with Crippen LogP contribution in [0.1, 0.15) is 42.9 Å². The van der Waals surface area contributed by atoms with Crippen LogP contribution in [0.2, 0.25) is 5.02 Å². The van der Waals surface area contributed by atoms with Gasteiger partial charge in [0.25, 0.3) is 5.91 Å². The Morgan fingerprint density at radius 3 is 2.43 bits per heavy atom. The standard InChI is InChI=1S/C21H20ClFN4O2S/c1-21(2,3)24-19(28)18(13-7-5-4-6-8-13)27(20(29)17-12-30-26-25-17)14-9-10-16(23)15(22)11-14/h4-12,18H,1-3H3,(H,24,28)/t18-/m0/s1. The van der Waals surface area contributed by atoms with Crippen LogP contribution in [-0.2, 0) is 4.79 Å². The number of hydrogen-bond acceptors (Lipinski definition) is 5. The van der Waals surface area contributed by atoms with Gasteiger partial charge in [-0.3, -0.25) is 14.5 Å². The maximum atomic E-state index is 13.8. The Labute approximate surface area is 182 Å². The van der Waals surface area contributed by atoms with Crippen molar-refractivity contribution >= 4 is 40.6 Å². The summed E-state index contributed by atoms with van der Waals surface area (Å²) in [6.07, 6.45) is 0. The number of halogens is 2. The van der Waals surface area contributed by atoms with E-state index in [1.54, 1.807) is 24.3 Å². The Hall–Kier alpha value is -2.84. The second-order valence-electron chi connectivity index (χ2n) is 7.62. The summed E-state index contributed by atoms with van der Waals surface area (Å²) in [6, 6.07) is 11.7. The van der Waals surface area contributed by atoms with Gasteiger partial charge in [-0.15, -0.1) is 5.10 Å². The first-order chi connectivity index (χ1) is 14.2. The van der Waals surface area contributed by atoms with Crippen LogP contribution in [0, 0.1) is 5.82 Å². The molecule has 0 saturated heterocycles. The van der Waals surface area contributed by atoms with Crippen LogP contribution < -0.4 is 10.2 Å². The fraction of sp³-hybridized carbons (Fsp3) is 0.238. The summed E-state index contributed by atoms with van der Waals surface area (Å²) in [5.41, 5.74) is 0.375. The largest absolute Gasteiger partial charge is 0.349 e. The monoisotopic (exact) mass is 446 g/mol. The zero-order valence-electron chi connectivity index (χ0n) is 16.6. The summed E-state index contributed by atoms with van der Waals surface area (Å²) in [5.74, 6) is -1.58. The predicted molar refractivity (Wildman–Crippen MR) is 115 cm³/mol. The maximum Gasteiger partial charge on any atom is 0.280 e. The summed E-state index contributed by atoms with van der Waals surface area (Å²) in [4.78, 5) is 28.0. The molecule has 1 atom stereocenters. The van der Waals surface area contributed by atoms with Gasteiger partial charge in [0.15, 0.2) is 5.69 Å². The van der Waals surface area contributed by atoms with Gasteiger partial charge in [0.2, 0.25) is 5.91 Å². The van der Waals surface area contributed by atoms with E-state index in [0.29, 0.717) is 5.56 Å². The highest BCUT2D eigenvalue weighted by Gasteiger charge is 2.36. The van der Waals surface area contributed by atoms with Crippen molar-refractivity contribution in [2.45, 2.75) is 32.4 Å². The van der Waals surface area contributed by atoms with Crippen LogP contribution >= 0.6 is 23.1 Å². The molecule has 2 aromatic carbocycles. The summed E-state index contributed by atoms with van der Waals surface area (Å²) in [7, 11) is 0. The summed E-state index contributed by atoms with van der Waals surface area (Å²) >= 11 is 7.00. The van der Waals surface area contributed by atoms with Crippen molar-refractivity contribution in [1.82, 2.24) is 14.9 Å². The van der Waals surface area contributed by atoms with E-state index in [0.717, 1.165) is 17.6 Å². The molecule has 1 heterocycles. The van der Waals surface area contributed by atoms with Crippen LogP contribution in [0.25, 0.3) is 0 Å². The minimum absolute atomic E-state index is 0.0740. The van der Waals surface area contributed by atoms with Crippen molar-refractivity contribution in [3.05, 3.63) is 76.0 Å². The summed E-state index contributed by atoms with van der Waals surface area (Å²) in [5, 5.41) is 8.10. The van der Waals surface area contributed by atoms with E-state index in [2.05, 4.69) is 14.9 Å². The molecule has 0 unspecified atom stereocenters. The molecule has 0 bridgehead atoms. The van der Waals surface area contributed by atoms with Gasteiger partial charge in [0.1, 0.15) is 11.9 Å². The van der Waals surface area contributed by atoms with Crippen LogP contribution in [-0.4, -0.2) is 26.9 Å². The molecule has 3 aromatic rings. The highest BCUT2D eigenvalue weighted by Crippen LogP contribution is 2.32. The minimum Gasteiger partial charge on any atom is -0.349 e. The normalized spacial score (nSPS) is 12.3. The van der Waals surface area contributed by atoms with E-state index in [9.17, 15) is 14.0 Å². The van der Waals surface area contributed by atoms with E-state index in [4.69, 9.17) is 11.6 Å². The number of benzene rings is 2. The van der Waals surface area contributed by atoms with Crippen molar-refractivity contribution < 1.29 is 14.0 Å². The van der Waals surface area contributed by atoms with Gasteiger partial charge in [-0.05, 0) is 56.1 Å². The average molecular weight is 447 g/mol. The number of rotatable bonds is 5. The van der Waals surface area contributed by atoms with Gasteiger partial charge in [0, 0.05) is 16.6 Å². The topological polar surface area (TPSA) is 75.2 Å². The average Bonchev–Trinajstić information content (AvgIpc) is 3.22. The number of aromatic nitrogens is 2. The number of amides is 2. The Kier molecular flexibility index (Phi) is 6.48. The van der Waals surface area contributed by atoms with E-state index < -0.39 is 29.2 Å². The van der Waals surface area contributed by atoms with Gasteiger partial charge in [-0.2, -0.15) is 0 Å². The molecule has 1 N–H and O–H groups in total. The van der Waals surface area contributed by atoms with E-state index >= 15 is 0 Å². The molecule has 0 aliphatic carbocycles. The highest BCUT2D eigenvalue weighted by atomic mass is 35.5. The maximum absolute atomic E-state index is 13.8. The number of nitrogens with one attached hydrogen (secondary N) is 1. The molecule has 3 rings (SSSR count).